The molecule has 0 aliphatic heterocycles. The number of amides is 1. The van der Waals surface area contributed by atoms with Crippen molar-refractivity contribution < 1.29 is 14.1 Å². The average molecular weight is 213 g/mol. The van der Waals surface area contributed by atoms with Crippen LogP contribution in [0.5, 0.6) is 0 Å². The van der Waals surface area contributed by atoms with E-state index in [-0.39, 0.29) is 25.2 Å². The smallest absolute Gasteiger partial charge is 0.246 e. The zero-order chi connectivity index (χ0) is 11.3. The Morgan fingerprint density at radius 2 is 2.33 bits per heavy atom. The van der Waals surface area contributed by atoms with E-state index < -0.39 is 0 Å². The monoisotopic (exact) mass is 213 g/mol. The van der Waals surface area contributed by atoms with E-state index in [4.69, 9.17) is 9.26 Å². The van der Waals surface area contributed by atoms with Crippen LogP contribution in [-0.2, 0) is 16.1 Å². The molecule has 15 heavy (non-hydrogen) atoms. The number of ether oxygens (including phenoxy) is 1. The van der Waals surface area contributed by atoms with E-state index in [0.717, 1.165) is 0 Å². The Hall–Kier alpha value is -1.43. The number of rotatable bonds is 5. The van der Waals surface area contributed by atoms with Gasteiger partial charge in [0.1, 0.15) is 6.61 Å². The summed E-state index contributed by atoms with van der Waals surface area (Å²) in [4.78, 5) is 15.1. The van der Waals surface area contributed by atoms with Crippen molar-refractivity contribution in [2.45, 2.75) is 33.4 Å². The Kier molecular flexibility index (Phi) is 4.23. The molecule has 6 nitrogen and oxygen atoms in total. The molecule has 0 radical (unpaired) electrons. The second-order valence-corrected chi connectivity index (χ2v) is 3.37. The Morgan fingerprint density at radius 3 is 2.87 bits per heavy atom. The van der Waals surface area contributed by atoms with Gasteiger partial charge in [-0.1, -0.05) is 5.16 Å². The number of carbonyl (C=O) groups excluding carboxylic acids is 1. The van der Waals surface area contributed by atoms with E-state index in [1.54, 1.807) is 6.92 Å². The van der Waals surface area contributed by atoms with Gasteiger partial charge in [-0.25, -0.2) is 0 Å². The highest BCUT2D eigenvalue weighted by Crippen LogP contribution is 1.94. The lowest BCUT2D eigenvalue weighted by molar-refractivity contribution is -0.127. The van der Waals surface area contributed by atoms with Gasteiger partial charge in [-0.3, -0.25) is 4.79 Å². The molecule has 0 aliphatic carbocycles. The van der Waals surface area contributed by atoms with Gasteiger partial charge < -0.3 is 14.6 Å². The number of aromatic nitrogens is 2. The van der Waals surface area contributed by atoms with Gasteiger partial charge in [-0.15, -0.1) is 0 Å². The summed E-state index contributed by atoms with van der Waals surface area (Å²) in [5.41, 5.74) is 0. The molecule has 1 amide bonds. The summed E-state index contributed by atoms with van der Waals surface area (Å²) in [6, 6.07) is 0. The first-order valence-electron chi connectivity index (χ1n) is 4.75. The first kappa shape index (κ1) is 11.6. The van der Waals surface area contributed by atoms with Crippen LogP contribution in [0.25, 0.3) is 0 Å². The van der Waals surface area contributed by atoms with E-state index in [1.807, 2.05) is 13.8 Å². The Bertz CT molecular complexity index is 322. The fourth-order valence-electron chi connectivity index (χ4n) is 0.879. The lowest BCUT2D eigenvalue weighted by atomic mass is 10.5. The summed E-state index contributed by atoms with van der Waals surface area (Å²) in [7, 11) is 0. The van der Waals surface area contributed by atoms with E-state index in [2.05, 4.69) is 15.5 Å². The van der Waals surface area contributed by atoms with Gasteiger partial charge >= 0.3 is 0 Å². The number of carbonyl (C=O) groups is 1. The largest absolute Gasteiger partial charge is 0.369 e. The maximum atomic E-state index is 11.2. The van der Waals surface area contributed by atoms with Crippen molar-refractivity contribution in [2.24, 2.45) is 0 Å². The minimum absolute atomic E-state index is 0.0430. The average Bonchev–Trinajstić information content (AvgIpc) is 2.58. The summed E-state index contributed by atoms with van der Waals surface area (Å²) >= 11 is 0. The number of hydrogen-bond donors (Lipinski definition) is 1. The SMILES string of the molecule is Cc1noc(CNC(=O)COC(C)C)n1. The molecule has 1 aromatic heterocycles. The van der Waals surface area contributed by atoms with Crippen molar-refractivity contribution in [3.63, 3.8) is 0 Å². The lowest BCUT2D eigenvalue weighted by Gasteiger charge is -2.06. The van der Waals surface area contributed by atoms with Gasteiger partial charge in [0.25, 0.3) is 0 Å². The van der Waals surface area contributed by atoms with E-state index in [1.165, 1.54) is 0 Å². The molecule has 0 unspecified atom stereocenters. The highest BCUT2D eigenvalue weighted by atomic mass is 16.5. The number of aryl methyl sites for hydroxylation is 1. The molecular formula is C9H15N3O3. The van der Waals surface area contributed by atoms with Crippen LogP contribution >= 0.6 is 0 Å². The highest BCUT2D eigenvalue weighted by molar-refractivity contribution is 5.77. The molecule has 0 bridgehead atoms. The van der Waals surface area contributed by atoms with Gasteiger partial charge in [-0.05, 0) is 20.8 Å². The van der Waals surface area contributed by atoms with E-state index in [0.29, 0.717) is 11.7 Å². The van der Waals surface area contributed by atoms with Crippen LogP contribution in [0.3, 0.4) is 0 Å². The quantitative estimate of drug-likeness (QED) is 0.767. The molecule has 1 N–H and O–H groups in total. The third-order valence-electron chi connectivity index (χ3n) is 1.55. The van der Waals surface area contributed by atoms with Crippen LogP contribution in [0.1, 0.15) is 25.6 Å². The van der Waals surface area contributed by atoms with Gasteiger partial charge in [-0.2, -0.15) is 4.98 Å². The van der Waals surface area contributed by atoms with Crippen molar-refractivity contribution in [3.05, 3.63) is 11.7 Å². The molecule has 0 atom stereocenters. The molecule has 0 saturated heterocycles. The lowest BCUT2D eigenvalue weighted by Crippen LogP contribution is -2.28. The summed E-state index contributed by atoms with van der Waals surface area (Å²) < 4.78 is 9.94. The second-order valence-electron chi connectivity index (χ2n) is 3.37. The van der Waals surface area contributed by atoms with Gasteiger partial charge in [0.2, 0.25) is 11.8 Å². The summed E-state index contributed by atoms with van der Waals surface area (Å²) in [5.74, 6) is 0.752. The van der Waals surface area contributed by atoms with E-state index in [9.17, 15) is 4.79 Å². The molecular weight excluding hydrogens is 198 g/mol. The third-order valence-corrected chi connectivity index (χ3v) is 1.55. The van der Waals surface area contributed by atoms with Crippen molar-refractivity contribution in [3.8, 4) is 0 Å². The summed E-state index contributed by atoms with van der Waals surface area (Å²) in [6.45, 7) is 5.74. The Balaban J connectivity index is 2.22. The maximum absolute atomic E-state index is 11.2. The fourth-order valence-corrected chi connectivity index (χ4v) is 0.879. The van der Waals surface area contributed by atoms with Crippen molar-refractivity contribution in [2.75, 3.05) is 6.61 Å². The van der Waals surface area contributed by atoms with Crippen LogP contribution in [-0.4, -0.2) is 28.8 Å². The van der Waals surface area contributed by atoms with Crippen LogP contribution in [0, 0.1) is 6.92 Å². The molecule has 1 aromatic rings. The second kappa shape index (κ2) is 5.45. The third kappa shape index (κ3) is 4.55. The topological polar surface area (TPSA) is 77.2 Å². The predicted molar refractivity (Wildman–Crippen MR) is 52.0 cm³/mol. The summed E-state index contributed by atoms with van der Waals surface area (Å²) in [6.07, 6.45) is 0.0430. The standard InChI is InChI=1S/C9H15N3O3/c1-6(2)14-5-8(13)10-4-9-11-7(3)12-15-9/h6H,4-5H2,1-3H3,(H,10,13). The number of nitrogens with zero attached hydrogens (tertiary/aromatic N) is 2. The van der Waals surface area contributed by atoms with Crippen LogP contribution < -0.4 is 5.32 Å². The van der Waals surface area contributed by atoms with E-state index >= 15 is 0 Å². The van der Waals surface area contributed by atoms with Crippen LogP contribution in [0.2, 0.25) is 0 Å². The van der Waals surface area contributed by atoms with Crippen molar-refractivity contribution >= 4 is 5.91 Å². The van der Waals surface area contributed by atoms with Crippen LogP contribution in [0.4, 0.5) is 0 Å². The minimum atomic E-state index is -0.195. The molecule has 84 valence electrons. The number of nitrogens with one attached hydrogen (secondary N) is 1. The van der Waals surface area contributed by atoms with Crippen molar-refractivity contribution in [1.29, 1.82) is 0 Å². The zero-order valence-electron chi connectivity index (χ0n) is 9.11. The molecule has 6 heteroatoms. The first-order chi connectivity index (χ1) is 7.08. The molecule has 0 fully saturated rings. The Labute approximate surface area is 88.0 Å². The minimum Gasteiger partial charge on any atom is -0.369 e. The predicted octanol–water partition coefficient (Wildman–Crippen LogP) is 0.419. The molecule has 0 aliphatic rings. The molecule has 0 aromatic carbocycles. The zero-order valence-corrected chi connectivity index (χ0v) is 9.11. The maximum Gasteiger partial charge on any atom is 0.246 e. The van der Waals surface area contributed by atoms with Gasteiger partial charge in [0.15, 0.2) is 5.82 Å². The normalized spacial score (nSPS) is 10.7. The fraction of sp³-hybridized carbons (Fsp3) is 0.667. The molecule has 1 heterocycles. The number of hydrogen-bond acceptors (Lipinski definition) is 5. The van der Waals surface area contributed by atoms with Crippen LogP contribution in [0.15, 0.2) is 4.52 Å². The Morgan fingerprint density at radius 1 is 1.60 bits per heavy atom. The molecule has 0 spiro atoms. The molecule has 0 saturated carbocycles. The van der Waals surface area contributed by atoms with Crippen molar-refractivity contribution in [1.82, 2.24) is 15.5 Å². The van der Waals surface area contributed by atoms with Gasteiger partial charge in [0, 0.05) is 0 Å². The first-order valence-corrected chi connectivity index (χ1v) is 4.75. The van der Waals surface area contributed by atoms with Gasteiger partial charge in [0.05, 0.1) is 12.6 Å². The summed E-state index contributed by atoms with van der Waals surface area (Å²) in [5, 5.41) is 6.21. The molecule has 1 rings (SSSR count). The highest BCUT2D eigenvalue weighted by Gasteiger charge is 2.06.